The van der Waals surface area contributed by atoms with Gasteiger partial charge in [0.1, 0.15) is 11.5 Å². The number of aromatic nitrogens is 1. The first-order chi connectivity index (χ1) is 15.1. The second-order valence-corrected chi connectivity index (χ2v) is 8.22. The molecule has 1 unspecified atom stereocenters. The summed E-state index contributed by atoms with van der Waals surface area (Å²) < 4.78 is 13.1. The van der Waals surface area contributed by atoms with E-state index in [4.69, 9.17) is 9.15 Å². The van der Waals surface area contributed by atoms with Crippen molar-refractivity contribution in [2.75, 3.05) is 19.7 Å². The van der Waals surface area contributed by atoms with Gasteiger partial charge in [-0.3, -0.25) is 9.59 Å². The summed E-state index contributed by atoms with van der Waals surface area (Å²) in [7, 11) is 0. The molecule has 1 aliphatic heterocycles. The lowest BCUT2D eigenvalue weighted by Gasteiger charge is -2.31. The minimum absolute atomic E-state index is 0.0437. The van der Waals surface area contributed by atoms with Crippen molar-refractivity contribution in [2.24, 2.45) is 5.92 Å². The maximum absolute atomic E-state index is 13.4. The van der Waals surface area contributed by atoms with Crippen LogP contribution in [0.4, 0.5) is 0 Å². The van der Waals surface area contributed by atoms with E-state index in [1.807, 2.05) is 44.2 Å². The summed E-state index contributed by atoms with van der Waals surface area (Å²) >= 11 is 0. The summed E-state index contributed by atoms with van der Waals surface area (Å²) in [6, 6.07) is 14.2. The average Bonchev–Trinajstić information content (AvgIpc) is 3.31. The number of carbonyl (C=O) groups excluding carboxylic acids is 2. The fourth-order valence-electron chi connectivity index (χ4n) is 4.45. The van der Waals surface area contributed by atoms with Crippen LogP contribution in [0.3, 0.4) is 0 Å². The Bertz CT molecular complexity index is 1050. The largest absolute Gasteiger partial charge is 0.466 e. The van der Waals surface area contributed by atoms with E-state index in [1.54, 1.807) is 4.90 Å². The van der Waals surface area contributed by atoms with Crippen molar-refractivity contribution < 1.29 is 18.7 Å². The Kier molecular flexibility index (Phi) is 6.44. The van der Waals surface area contributed by atoms with Gasteiger partial charge in [-0.1, -0.05) is 30.3 Å². The van der Waals surface area contributed by atoms with Gasteiger partial charge in [-0.15, -0.1) is 0 Å². The number of hydrogen-bond acceptors (Lipinski definition) is 4. The molecule has 1 aliphatic rings. The Morgan fingerprint density at radius 2 is 2.00 bits per heavy atom. The van der Waals surface area contributed by atoms with E-state index in [0.29, 0.717) is 25.4 Å². The van der Waals surface area contributed by atoms with Gasteiger partial charge in [0.05, 0.1) is 18.0 Å². The van der Waals surface area contributed by atoms with Crippen LogP contribution in [0.2, 0.25) is 0 Å². The minimum Gasteiger partial charge on any atom is -0.466 e. The number of aryl methyl sites for hydroxylation is 3. The van der Waals surface area contributed by atoms with Crippen LogP contribution in [-0.2, 0) is 22.5 Å². The van der Waals surface area contributed by atoms with Crippen molar-refractivity contribution in [3.05, 3.63) is 59.5 Å². The van der Waals surface area contributed by atoms with E-state index in [9.17, 15) is 9.59 Å². The monoisotopic (exact) mass is 422 g/mol. The average molecular weight is 423 g/mol. The Balaban J connectivity index is 1.53. The molecule has 0 spiro atoms. The van der Waals surface area contributed by atoms with Crippen molar-refractivity contribution in [2.45, 2.75) is 46.1 Å². The zero-order valence-electron chi connectivity index (χ0n) is 18.3. The third-order valence-electron chi connectivity index (χ3n) is 5.95. The summed E-state index contributed by atoms with van der Waals surface area (Å²) in [4.78, 5) is 27.4. The maximum Gasteiger partial charge on any atom is 0.310 e. The SMILES string of the molecule is CCOC(=O)C1CCCN(C(=O)c2cc3oc(C)cc3n2CCCc2ccccc2)C1. The summed E-state index contributed by atoms with van der Waals surface area (Å²) in [6.07, 6.45) is 3.44. The van der Waals surface area contributed by atoms with E-state index < -0.39 is 0 Å². The number of benzene rings is 1. The zero-order chi connectivity index (χ0) is 21.8. The molecule has 6 nitrogen and oxygen atoms in total. The van der Waals surface area contributed by atoms with Crippen LogP contribution in [0.5, 0.6) is 0 Å². The quantitative estimate of drug-likeness (QED) is 0.523. The number of piperidine rings is 1. The summed E-state index contributed by atoms with van der Waals surface area (Å²) in [5, 5.41) is 0. The highest BCUT2D eigenvalue weighted by Gasteiger charge is 2.31. The molecule has 164 valence electrons. The van der Waals surface area contributed by atoms with Crippen LogP contribution in [0.1, 0.15) is 48.0 Å². The molecule has 0 aliphatic carbocycles. The van der Waals surface area contributed by atoms with Crippen LogP contribution in [0.15, 0.2) is 46.9 Å². The summed E-state index contributed by atoms with van der Waals surface area (Å²) in [5.41, 5.74) is 3.61. The molecule has 6 heteroatoms. The highest BCUT2D eigenvalue weighted by atomic mass is 16.5. The van der Waals surface area contributed by atoms with Gasteiger partial charge in [0.25, 0.3) is 5.91 Å². The molecular weight excluding hydrogens is 392 g/mol. The van der Waals surface area contributed by atoms with E-state index in [2.05, 4.69) is 16.7 Å². The zero-order valence-corrected chi connectivity index (χ0v) is 18.3. The lowest BCUT2D eigenvalue weighted by atomic mass is 9.98. The smallest absolute Gasteiger partial charge is 0.310 e. The van der Waals surface area contributed by atoms with E-state index in [0.717, 1.165) is 49.1 Å². The fraction of sp³-hybridized carbons (Fsp3) is 0.440. The van der Waals surface area contributed by atoms with Crippen molar-refractivity contribution >= 4 is 23.0 Å². The molecule has 1 atom stereocenters. The van der Waals surface area contributed by atoms with Crippen LogP contribution in [-0.4, -0.2) is 41.0 Å². The molecule has 2 aromatic heterocycles. The number of hydrogen-bond donors (Lipinski definition) is 0. The molecule has 1 amide bonds. The summed E-state index contributed by atoms with van der Waals surface area (Å²) in [6.45, 7) is 5.89. The first-order valence-corrected chi connectivity index (χ1v) is 11.2. The van der Waals surface area contributed by atoms with Crippen LogP contribution in [0, 0.1) is 12.8 Å². The normalized spacial score (nSPS) is 16.6. The lowest BCUT2D eigenvalue weighted by Crippen LogP contribution is -2.43. The van der Waals surface area contributed by atoms with Gasteiger partial charge < -0.3 is 18.6 Å². The van der Waals surface area contributed by atoms with E-state index in [1.165, 1.54) is 5.56 Å². The number of carbonyl (C=O) groups is 2. The molecular formula is C25H30N2O4. The predicted octanol–water partition coefficient (Wildman–Crippen LogP) is 4.59. The molecule has 0 bridgehead atoms. The van der Waals surface area contributed by atoms with E-state index in [-0.39, 0.29) is 17.8 Å². The number of likely N-dealkylation sites (tertiary alicyclic amines) is 1. The second-order valence-electron chi connectivity index (χ2n) is 8.22. The van der Waals surface area contributed by atoms with Gasteiger partial charge in [0, 0.05) is 31.8 Å². The molecule has 0 radical (unpaired) electrons. The van der Waals surface area contributed by atoms with Gasteiger partial charge in [-0.05, 0) is 45.1 Å². The van der Waals surface area contributed by atoms with Crippen molar-refractivity contribution in [3.63, 3.8) is 0 Å². The molecule has 3 aromatic rings. The van der Waals surface area contributed by atoms with Gasteiger partial charge in [0.15, 0.2) is 5.58 Å². The van der Waals surface area contributed by atoms with E-state index >= 15 is 0 Å². The van der Waals surface area contributed by atoms with Crippen LogP contribution >= 0.6 is 0 Å². The second kappa shape index (κ2) is 9.41. The molecule has 1 aromatic carbocycles. The number of amides is 1. The number of esters is 1. The van der Waals surface area contributed by atoms with Gasteiger partial charge >= 0.3 is 5.97 Å². The lowest BCUT2D eigenvalue weighted by molar-refractivity contribution is -0.149. The molecule has 1 saturated heterocycles. The van der Waals surface area contributed by atoms with Crippen molar-refractivity contribution in [1.82, 2.24) is 9.47 Å². The Morgan fingerprint density at radius 3 is 2.77 bits per heavy atom. The topological polar surface area (TPSA) is 64.7 Å². The standard InChI is InChI=1S/C25H30N2O4/c1-3-30-25(29)20-12-8-13-26(17-20)24(28)22-16-23-21(15-18(2)31-23)27(22)14-7-11-19-9-5-4-6-10-19/h4-6,9-10,15-16,20H,3,7-8,11-14,17H2,1-2H3. The van der Waals surface area contributed by atoms with Gasteiger partial charge in [-0.2, -0.15) is 0 Å². The third-order valence-corrected chi connectivity index (χ3v) is 5.95. The first-order valence-electron chi connectivity index (χ1n) is 11.2. The molecule has 4 rings (SSSR count). The molecule has 31 heavy (non-hydrogen) atoms. The third kappa shape index (κ3) is 4.68. The molecule has 0 N–H and O–H groups in total. The Hall–Kier alpha value is -3.02. The highest BCUT2D eigenvalue weighted by molar-refractivity contribution is 5.98. The molecule has 3 heterocycles. The number of rotatable bonds is 7. The number of fused-ring (bicyclic) bond motifs is 1. The predicted molar refractivity (Wildman–Crippen MR) is 119 cm³/mol. The van der Waals surface area contributed by atoms with Crippen molar-refractivity contribution in [3.8, 4) is 0 Å². The van der Waals surface area contributed by atoms with Crippen molar-refractivity contribution in [1.29, 1.82) is 0 Å². The first kappa shape index (κ1) is 21.2. The minimum atomic E-state index is -0.246. The van der Waals surface area contributed by atoms with Crippen LogP contribution in [0.25, 0.3) is 11.1 Å². The molecule has 1 fully saturated rings. The fourth-order valence-corrected chi connectivity index (χ4v) is 4.45. The molecule has 0 saturated carbocycles. The maximum atomic E-state index is 13.4. The number of nitrogens with zero attached hydrogens (tertiary/aromatic N) is 2. The number of ether oxygens (including phenoxy) is 1. The Labute approximate surface area is 182 Å². The van der Waals surface area contributed by atoms with Gasteiger partial charge in [-0.25, -0.2) is 0 Å². The highest BCUT2D eigenvalue weighted by Crippen LogP contribution is 2.27. The summed E-state index contributed by atoms with van der Waals surface area (Å²) in [5.74, 6) is 0.339. The number of furan rings is 1. The van der Waals surface area contributed by atoms with Gasteiger partial charge in [0.2, 0.25) is 0 Å². The Morgan fingerprint density at radius 1 is 1.19 bits per heavy atom. The van der Waals surface area contributed by atoms with Crippen LogP contribution < -0.4 is 0 Å².